The van der Waals surface area contributed by atoms with Crippen LogP contribution in [-0.4, -0.2) is 49.5 Å². The third kappa shape index (κ3) is 4.62. The zero-order chi connectivity index (χ0) is 15.9. The Morgan fingerprint density at radius 2 is 1.91 bits per heavy atom. The molecular formula is C16H27N5O. The van der Waals surface area contributed by atoms with Crippen molar-refractivity contribution in [2.24, 2.45) is 10.9 Å². The lowest BCUT2D eigenvalue weighted by Gasteiger charge is -2.22. The minimum atomic E-state index is -0.0178. The van der Waals surface area contributed by atoms with Gasteiger partial charge in [0.05, 0.1) is 12.0 Å². The lowest BCUT2D eigenvalue weighted by Crippen LogP contribution is -2.48. The van der Waals surface area contributed by atoms with Crippen LogP contribution in [0.3, 0.4) is 0 Å². The van der Waals surface area contributed by atoms with Crippen molar-refractivity contribution in [2.75, 3.05) is 20.6 Å². The van der Waals surface area contributed by atoms with Gasteiger partial charge in [0, 0.05) is 26.2 Å². The predicted molar refractivity (Wildman–Crippen MR) is 86.3 cm³/mol. The molecule has 2 N–H and O–H groups in total. The molecule has 2 aliphatic carbocycles. The quantitative estimate of drug-likeness (QED) is 0.605. The van der Waals surface area contributed by atoms with Crippen molar-refractivity contribution >= 4 is 11.9 Å². The summed E-state index contributed by atoms with van der Waals surface area (Å²) in [7, 11) is 3.47. The van der Waals surface area contributed by atoms with Gasteiger partial charge in [-0.15, -0.1) is 0 Å². The molecule has 0 aliphatic heterocycles. The smallest absolute Gasteiger partial charge is 0.243 e. The van der Waals surface area contributed by atoms with Gasteiger partial charge < -0.3 is 15.5 Å². The lowest BCUT2D eigenvalue weighted by molar-refractivity contribution is -0.127. The lowest BCUT2D eigenvalue weighted by atomic mass is 10.1. The van der Waals surface area contributed by atoms with Crippen LogP contribution in [0.1, 0.15) is 44.9 Å². The molecule has 0 aromatic heterocycles. The number of hydrogen-bond acceptors (Lipinski definition) is 3. The Morgan fingerprint density at radius 3 is 2.55 bits per heavy atom. The van der Waals surface area contributed by atoms with Crippen molar-refractivity contribution in [3.05, 3.63) is 0 Å². The van der Waals surface area contributed by atoms with E-state index in [9.17, 15) is 10.1 Å². The number of aliphatic imine (C=N–C) groups is 1. The Hall–Kier alpha value is -1.77. The van der Waals surface area contributed by atoms with Gasteiger partial charge in [0.15, 0.2) is 5.96 Å². The van der Waals surface area contributed by atoms with E-state index in [4.69, 9.17) is 0 Å². The molecule has 2 saturated carbocycles. The second-order valence-electron chi connectivity index (χ2n) is 6.50. The average Bonchev–Trinajstić information content (AvgIpc) is 3.15. The summed E-state index contributed by atoms with van der Waals surface area (Å²) >= 11 is 0. The van der Waals surface area contributed by atoms with E-state index in [2.05, 4.69) is 21.7 Å². The largest absolute Gasteiger partial charge is 0.354 e. The first-order valence-corrected chi connectivity index (χ1v) is 8.27. The van der Waals surface area contributed by atoms with Gasteiger partial charge in [0.1, 0.15) is 6.54 Å². The second kappa shape index (κ2) is 8.02. The van der Waals surface area contributed by atoms with E-state index in [0.29, 0.717) is 12.0 Å². The Balaban J connectivity index is 1.98. The van der Waals surface area contributed by atoms with Gasteiger partial charge in [-0.3, -0.25) is 4.79 Å². The van der Waals surface area contributed by atoms with E-state index >= 15 is 0 Å². The molecule has 6 nitrogen and oxygen atoms in total. The Bertz CT molecular complexity index is 448. The molecule has 0 aromatic carbocycles. The van der Waals surface area contributed by atoms with Gasteiger partial charge in [-0.1, -0.05) is 12.8 Å². The molecule has 2 unspecified atom stereocenters. The van der Waals surface area contributed by atoms with E-state index < -0.39 is 0 Å². The standard InChI is InChI=1S/C16H27N5O/c1-21(2)15(22)11-18-16(19-13-7-3-4-8-13)20-14-9-5-6-12(14)10-17/h12-14H,3-9,11H2,1-2H3,(H2,18,19,20). The van der Waals surface area contributed by atoms with E-state index in [-0.39, 0.29) is 24.4 Å². The predicted octanol–water partition coefficient (Wildman–Crippen LogP) is 1.24. The maximum Gasteiger partial charge on any atom is 0.243 e. The number of guanidine groups is 1. The fourth-order valence-corrected chi connectivity index (χ4v) is 3.15. The van der Waals surface area contributed by atoms with Crippen LogP contribution >= 0.6 is 0 Å². The van der Waals surface area contributed by atoms with Crippen LogP contribution in [0.4, 0.5) is 0 Å². The van der Waals surface area contributed by atoms with Crippen LogP contribution in [0.15, 0.2) is 4.99 Å². The summed E-state index contributed by atoms with van der Waals surface area (Å²) in [5.41, 5.74) is 0. The van der Waals surface area contributed by atoms with Crippen LogP contribution in [0.5, 0.6) is 0 Å². The van der Waals surface area contributed by atoms with Gasteiger partial charge in [-0.2, -0.15) is 5.26 Å². The SMILES string of the molecule is CN(C)C(=O)CN=C(NC1CCCC1)NC1CCCC1C#N. The minimum absolute atomic E-state index is 0.0178. The third-order valence-electron chi connectivity index (χ3n) is 4.57. The third-order valence-corrected chi connectivity index (χ3v) is 4.57. The van der Waals surface area contributed by atoms with E-state index in [1.54, 1.807) is 19.0 Å². The first-order valence-electron chi connectivity index (χ1n) is 8.27. The molecule has 2 fully saturated rings. The highest BCUT2D eigenvalue weighted by Crippen LogP contribution is 2.25. The number of nitrogens with one attached hydrogen (secondary N) is 2. The van der Waals surface area contributed by atoms with Crippen LogP contribution in [-0.2, 0) is 4.79 Å². The molecule has 1 amide bonds. The van der Waals surface area contributed by atoms with Gasteiger partial charge in [-0.05, 0) is 32.1 Å². The molecule has 0 aromatic rings. The van der Waals surface area contributed by atoms with Crippen molar-refractivity contribution in [3.8, 4) is 6.07 Å². The highest BCUT2D eigenvalue weighted by Gasteiger charge is 2.28. The zero-order valence-corrected chi connectivity index (χ0v) is 13.6. The van der Waals surface area contributed by atoms with Gasteiger partial charge in [0.25, 0.3) is 0 Å². The van der Waals surface area contributed by atoms with Gasteiger partial charge in [0.2, 0.25) is 5.91 Å². The van der Waals surface area contributed by atoms with E-state index in [1.165, 1.54) is 12.8 Å². The molecule has 0 radical (unpaired) electrons. The molecule has 2 atom stereocenters. The fourth-order valence-electron chi connectivity index (χ4n) is 3.15. The maximum absolute atomic E-state index is 11.8. The number of nitriles is 1. The summed E-state index contributed by atoms with van der Waals surface area (Å²) in [5.74, 6) is 0.713. The van der Waals surface area contributed by atoms with Crippen LogP contribution in [0, 0.1) is 17.2 Å². The minimum Gasteiger partial charge on any atom is -0.354 e. The Morgan fingerprint density at radius 1 is 1.18 bits per heavy atom. The van der Waals surface area contributed by atoms with Crippen molar-refractivity contribution in [2.45, 2.75) is 57.0 Å². The molecule has 0 spiro atoms. The fraction of sp³-hybridized carbons (Fsp3) is 0.812. The topological polar surface area (TPSA) is 80.5 Å². The number of hydrogen-bond donors (Lipinski definition) is 2. The molecule has 0 saturated heterocycles. The highest BCUT2D eigenvalue weighted by molar-refractivity contribution is 5.85. The molecule has 6 heteroatoms. The molecule has 0 bridgehead atoms. The van der Waals surface area contributed by atoms with E-state index in [1.807, 2.05) is 0 Å². The van der Waals surface area contributed by atoms with Crippen molar-refractivity contribution in [1.82, 2.24) is 15.5 Å². The molecule has 2 rings (SSSR count). The first-order chi connectivity index (χ1) is 10.6. The van der Waals surface area contributed by atoms with E-state index in [0.717, 1.165) is 32.1 Å². The molecular weight excluding hydrogens is 278 g/mol. The molecule has 122 valence electrons. The zero-order valence-electron chi connectivity index (χ0n) is 13.6. The normalized spacial score (nSPS) is 25.8. The van der Waals surface area contributed by atoms with Crippen LogP contribution in [0.25, 0.3) is 0 Å². The maximum atomic E-state index is 11.8. The summed E-state index contributed by atoms with van der Waals surface area (Å²) in [6, 6.07) is 2.95. The Labute approximate surface area is 133 Å². The second-order valence-corrected chi connectivity index (χ2v) is 6.50. The molecule has 2 aliphatic rings. The monoisotopic (exact) mass is 305 g/mol. The number of carbonyl (C=O) groups is 1. The number of rotatable bonds is 4. The Kier molecular flexibility index (Phi) is 6.05. The van der Waals surface area contributed by atoms with Crippen molar-refractivity contribution in [3.63, 3.8) is 0 Å². The summed E-state index contributed by atoms with van der Waals surface area (Å²) in [5, 5.41) is 16.0. The summed E-state index contributed by atoms with van der Waals surface area (Å²) in [4.78, 5) is 17.7. The average molecular weight is 305 g/mol. The van der Waals surface area contributed by atoms with Gasteiger partial charge in [-0.25, -0.2) is 4.99 Å². The number of amides is 1. The number of carbonyl (C=O) groups excluding carboxylic acids is 1. The van der Waals surface area contributed by atoms with Crippen LogP contribution < -0.4 is 10.6 Å². The first kappa shape index (κ1) is 16.6. The van der Waals surface area contributed by atoms with Crippen molar-refractivity contribution in [1.29, 1.82) is 5.26 Å². The highest BCUT2D eigenvalue weighted by atomic mass is 16.2. The molecule has 0 heterocycles. The number of nitrogens with zero attached hydrogens (tertiary/aromatic N) is 3. The molecule has 22 heavy (non-hydrogen) atoms. The van der Waals surface area contributed by atoms with Crippen LogP contribution in [0.2, 0.25) is 0 Å². The summed E-state index contributed by atoms with van der Waals surface area (Å²) < 4.78 is 0. The van der Waals surface area contributed by atoms with Gasteiger partial charge >= 0.3 is 0 Å². The summed E-state index contributed by atoms with van der Waals surface area (Å²) in [6.45, 7) is 0.138. The van der Waals surface area contributed by atoms with Crippen molar-refractivity contribution < 1.29 is 4.79 Å². The summed E-state index contributed by atoms with van der Waals surface area (Å²) in [6.07, 6.45) is 7.79. The number of likely N-dealkylation sites (N-methyl/N-ethyl adjacent to an activating group) is 1.